The predicted octanol–water partition coefficient (Wildman–Crippen LogP) is 4.98. The second-order valence-electron chi connectivity index (χ2n) is 7.06. The zero-order valence-corrected chi connectivity index (χ0v) is 14.8. The van der Waals surface area contributed by atoms with Gasteiger partial charge in [0.2, 0.25) is 0 Å². The fourth-order valence-electron chi connectivity index (χ4n) is 2.80. The zero-order chi connectivity index (χ0) is 16.4. The molecule has 0 aromatic carbocycles. The van der Waals surface area contributed by atoms with Crippen molar-refractivity contribution in [1.29, 1.82) is 0 Å². The average Bonchev–Trinajstić information content (AvgIpc) is 2.35. The number of carbonyl (C=O) groups excluding carboxylic acids is 2. The van der Waals surface area contributed by atoms with Crippen molar-refractivity contribution < 1.29 is 14.3 Å². The minimum absolute atomic E-state index is 0.322. The van der Waals surface area contributed by atoms with Crippen LogP contribution in [-0.2, 0) is 14.3 Å². The third kappa shape index (κ3) is 10.5. The van der Waals surface area contributed by atoms with Crippen LogP contribution in [-0.4, -0.2) is 11.9 Å². The molecule has 0 saturated heterocycles. The molecule has 0 aromatic rings. The van der Waals surface area contributed by atoms with Crippen molar-refractivity contribution in [2.75, 3.05) is 0 Å². The number of esters is 2. The molecule has 0 saturated carbocycles. The Hall–Kier alpha value is -0.860. The molecule has 0 heterocycles. The molecule has 0 rings (SSSR count). The normalized spacial score (nSPS) is 14.3. The summed E-state index contributed by atoms with van der Waals surface area (Å²) in [6.07, 6.45) is 4.64. The summed E-state index contributed by atoms with van der Waals surface area (Å²) < 4.78 is 5.00. The predicted molar refractivity (Wildman–Crippen MR) is 86.8 cm³/mol. The second kappa shape index (κ2) is 10.8. The third-order valence-corrected chi connectivity index (χ3v) is 3.90. The molecule has 124 valence electrons. The first-order chi connectivity index (χ1) is 9.78. The highest BCUT2D eigenvalue weighted by Crippen LogP contribution is 2.21. The first-order valence-electron chi connectivity index (χ1n) is 8.51. The zero-order valence-electron chi connectivity index (χ0n) is 14.8. The summed E-state index contributed by atoms with van der Waals surface area (Å²) in [4.78, 5) is 23.7. The molecule has 2 unspecified atom stereocenters. The molecule has 0 bridgehead atoms. The van der Waals surface area contributed by atoms with Gasteiger partial charge in [0.05, 0.1) is 0 Å². The van der Waals surface area contributed by atoms with Gasteiger partial charge in [-0.1, -0.05) is 54.4 Å². The maximum Gasteiger partial charge on any atom is 0.313 e. The Morgan fingerprint density at radius 3 is 1.33 bits per heavy atom. The van der Waals surface area contributed by atoms with E-state index < -0.39 is 0 Å². The van der Waals surface area contributed by atoms with Gasteiger partial charge < -0.3 is 4.74 Å². The topological polar surface area (TPSA) is 43.4 Å². The Kier molecular flexibility index (Phi) is 10.4. The van der Waals surface area contributed by atoms with E-state index >= 15 is 0 Å². The molecule has 0 N–H and O–H groups in total. The summed E-state index contributed by atoms with van der Waals surface area (Å²) in [5, 5.41) is 0. The molecule has 0 aliphatic heterocycles. The minimum atomic E-state index is -0.355. The van der Waals surface area contributed by atoms with Crippen molar-refractivity contribution in [3.8, 4) is 0 Å². The molecule has 3 nitrogen and oxygen atoms in total. The van der Waals surface area contributed by atoms with E-state index in [1.54, 1.807) is 0 Å². The number of hydrogen-bond acceptors (Lipinski definition) is 3. The fourth-order valence-corrected chi connectivity index (χ4v) is 2.80. The van der Waals surface area contributed by atoms with E-state index in [2.05, 4.69) is 41.5 Å². The highest BCUT2D eigenvalue weighted by molar-refractivity contribution is 5.85. The van der Waals surface area contributed by atoms with Crippen molar-refractivity contribution in [1.82, 2.24) is 0 Å². The maximum absolute atomic E-state index is 11.9. The molecule has 0 aromatic heterocycles. The molecule has 0 aliphatic carbocycles. The standard InChI is InChI=1S/C18H34O3/c1-7-15(9-13(3)4)11-17(19)21-18(20)12-16(8-2)10-14(5)6/h13-16H,7-12H2,1-6H3. The minimum Gasteiger partial charge on any atom is -0.393 e. The van der Waals surface area contributed by atoms with Crippen molar-refractivity contribution >= 4 is 11.9 Å². The lowest BCUT2D eigenvalue weighted by Crippen LogP contribution is -2.19. The van der Waals surface area contributed by atoms with Gasteiger partial charge in [0.15, 0.2) is 0 Å². The van der Waals surface area contributed by atoms with Gasteiger partial charge in [-0.2, -0.15) is 0 Å². The van der Waals surface area contributed by atoms with Crippen LogP contribution in [0.5, 0.6) is 0 Å². The molecule has 0 spiro atoms. The third-order valence-electron chi connectivity index (χ3n) is 3.90. The quantitative estimate of drug-likeness (QED) is 0.422. The van der Waals surface area contributed by atoms with E-state index in [1.807, 2.05) is 0 Å². The van der Waals surface area contributed by atoms with E-state index in [0.29, 0.717) is 36.5 Å². The van der Waals surface area contributed by atoms with Gasteiger partial charge in [-0.3, -0.25) is 9.59 Å². The summed E-state index contributed by atoms with van der Waals surface area (Å²) >= 11 is 0. The van der Waals surface area contributed by atoms with Crippen LogP contribution in [0.1, 0.15) is 80.1 Å². The summed E-state index contributed by atoms with van der Waals surface area (Å²) in [6, 6.07) is 0. The van der Waals surface area contributed by atoms with Gasteiger partial charge in [-0.25, -0.2) is 0 Å². The van der Waals surface area contributed by atoms with E-state index in [4.69, 9.17) is 4.74 Å². The summed E-state index contributed by atoms with van der Waals surface area (Å²) in [5.41, 5.74) is 0. The van der Waals surface area contributed by atoms with Crippen molar-refractivity contribution in [2.45, 2.75) is 80.1 Å². The molecule has 0 radical (unpaired) electrons. The van der Waals surface area contributed by atoms with Gasteiger partial charge >= 0.3 is 11.9 Å². The molecule has 0 amide bonds. The molecular formula is C18H34O3. The first-order valence-corrected chi connectivity index (χ1v) is 8.51. The Bertz CT molecular complexity index is 278. The Labute approximate surface area is 130 Å². The van der Waals surface area contributed by atoms with Gasteiger partial charge in [0.1, 0.15) is 0 Å². The number of rotatable bonds is 10. The molecule has 0 fully saturated rings. The average molecular weight is 298 g/mol. The van der Waals surface area contributed by atoms with Crippen LogP contribution < -0.4 is 0 Å². The number of carbonyl (C=O) groups is 2. The van der Waals surface area contributed by atoms with Gasteiger partial charge in [-0.15, -0.1) is 0 Å². The SMILES string of the molecule is CCC(CC(=O)OC(=O)CC(CC)CC(C)C)CC(C)C. The van der Waals surface area contributed by atoms with Crippen LogP contribution in [0.15, 0.2) is 0 Å². The monoisotopic (exact) mass is 298 g/mol. The number of ether oxygens (including phenoxy) is 1. The fraction of sp³-hybridized carbons (Fsp3) is 0.889. The number of hydrogen-bond donors (Lipinski definition) is 0. The molecule has 3 heteroatoms. The van der Waals surface area contributed by atoms with Gasteiger partial charge in [0.25, 0.3) is 0 Å². The van der Waals surface area contributed by atoms with Crippen LogP contribution in [0.2, 0.25) is 0 Å². The maximum atomic E-state index is 11.9. The molecule has 2 atom stereocenters. The van der Waals surface area contributed by atoms with E-state index in [9.17, 15) is 9.59 Å². The van der Waals surface area contributed by atoms with Gasteiger partial charge in [-0.05, 0) is 36.5 Å². The highest BCUT2D eigenvalue weighted by Gasteiger charge is 2.20. The van der Waals surface area contributed by atoms with Gasteiger partial charge in [0, 0.05) is 12.8 Å². The lowest BCUT2D eigenvalue weighted by atomic mass is 9.91. The molecular weight excluding hydrogens is 264 g/mol. The largest absolute Gasteiger partial charge is 0.393 e. The lowest BCUT2D eigenvalue weighted by Gasteiger charge is -2.17. The summed E-state index contributed by atoms with van der Waals surface area (Å²) in [5.74, 6) is 1.06. The smallest absolute Gasteiger partial charge is 0.313 e. The van der Waals surface area contributed by atoms with Crippen molar-refractivity contribution in [3.63, 3.8) is 0 Å². The molecule has 21 heavy (non-hydrogen) atoms. The molecule has 0 aliphatic rings. The lowest BCUT2D eigenvalue weighted by molar-refractivity contribution is -0.161. The van der Waals surface area contributed by atoms with Crippen LogP contribution in [0.4, 0.5) is 0 Å². The van der Waals surface area contributed by atoms with E-state index in [1.165, 1.54) is 0 Å². The van der Waals surface area contributed by atoms with E-state index in [-0.39, 0.29) is 11.9 Å². The van der Waals surface area contributed by atoms with Crippen LogP contribution in [0.25, 0.3) is 0 Å². The summed E-state index contributed by atoms with van der Waals surface area (Å²) in [6.45, 7) is 12.8. The van der Waals surface area contributed by atoms with Crippen LogP contribution in [0.3, 0.4) is 0 Å². The Balaban J connectivity index is 4.21. The highest BCUT2D eigenvalue weighted by atomic mass is 16.6. The Morgan fingerprint density at radius 1 is 0.762 bits per heavy atom. The van der Waals surface area contributed by atoms with Crippen LogP contribution >= 0.6 is 0 Å². The van der Waals surface area contributed by atoms with Crippen LogP contribution in [0, 0.1) is 23.7 Å². The van der Waals surface area contributed by atoms with Crippen molar-refractivity contribution in [2.24, 2.45) is 23.7 Å². The Morgan fingerprint density at radius 2 is 1.10 bits per heavy atom. The summed E-state index contributed by atoms with van der Waals surface area (Å²) in [7, 11) is 0. The first kappa shape index (κ1) is 20.1. The second-order valence-corrected chi connectivity index (χ2v) is 7.06. The van der Waals surface area contributed by atoms with E-state index in [0.717, 1.165) is 25.7 Å². The van der Waals surface area contributed by atoms with Crippen molar-refractivity contribution in [3.05, 3.63) is 0 Å².